The lowest BCUT2D eigenvalue weighted by molar-refractivity contribution is -0.143. The third-order valence-corrected chi connectivity index (χ3v) is 18.0. The summed E-state index contributed by atoms with van der Waals surface area (Å²) in [6.45, 7) is 4.93. The Morgan fingerprint density at radius 1 is 0.325 bits per heavy atom. The van der Waals surface area contributed by atoms with Crippen LogP contribution in [0.3, 0.4) is 0 Å². The first-order chi connectivity index (χ1) is 41.0. The smallest absolute Gasteiger partial charge is 0.305 e. The van der Waals surface area contributed by atoms with Crippen LogP contribution < -0.4 is 5.32 Å². The van der Waals surface area contributed by atoms with E-state index in [1.807, 2.05) is 6.08 Å². The summed E-state index contributed by atoms with van der Waals surface area (Å²) in [5.74, 6) is -0.0368. The van der Waals surface area contributed by atoms with Crippen molar-refractivity contribution in [2.45, 2.75) is 443 Å². The molecule has 3 N–H and O–H groups in total. The van der Waals surface area contributed by atoms with Crippen LogP contribution >= 0.6 is 0 Å². The number of aliphatic hydroxyl groups excluding tert-OH is 2. The fraction of sp³-hybridized carbons (Fsp3) is 0.922. The van der Waals surface area contributed by atoms with Gasteiger partial charge in [0.1, 0.15) is 0 Å². The second-order valence-electron chi connectivity index (χ2n) is 26.3. The first-order valence-corrected chi connectivity index (χ1v) is 38.1. The fourth-order valence-corrected chi connectivity index (χ4v) is 12.2. The molecule has 0 aliphatic rings. The Labute approximate surface area is 520 Å². The second kappa shape index (κ2) is 72.8. The van der Waals surface area contributed by atoms with Gasteiger partial charge in [0.15, 0.2) is 0 Å². The monoisotopic (exact) mass is 1170 g/mol. The van der Waals surface area contributed by atoms with E-state index in [4.69, 9.17) is 4.74 Å². The molecule has 0 bridgehead atoms. The zero-order valence-electron chi connectivity index (χ0n) is 56.5. The highest BCUT2D eigenvalue weighted by Gasteiger charge is 2.18. The molecular weight excluding hydrogens is 1020 g/mol. The molecule has 6 heteroatoms. The van der Waals surface area contributed by atoms with Crippen LogP contribution in [-0.2, 0) is 14.3 Å². The van der Waals surface area contributed by atoms with Gasteiger partial charge in [-0.15, -0.1) is 0 Å². The number of aliphatic hydroxyl groups is 2. The SMILES string of the molecule is CCCCCCCCCCC/C=C/C(O)C(CO)NC(=O)CCCCCCCCCCCCCCCCCCC/C=C\CCCCCCCCCCCCCCCCCCOC(=O)CCCCCCCCCCCCCCCCCCCC. The summed E-state index contributed by atoms with van der Waals surface area (Å²) in [4.78, 5) is 24.6. The van der Waals surface area contributed by atoms with Crippen molar-refractivity contribution < 1.29 is 24.5 Å². The lowest BCUT2D eigenvalue weighted by Gasteiger charge is -2.20. The van der Waals surface area contributed by atoms with Gasteiger partial charge >= 0.3 is 5.97 Å². The third kappa shape index (κ3) is 69.3. The predicted molar refractivity (Wildman–Crippen MR) is 366 cm³/mol. The Balaban J connectivity index is 3.30. The molecule has 0 saturated carbocycles. The van der Waals surface area contributed by atoms with Gasteiger partial charge < -0.3 is 20.3 Å². The minimum Gasteiger partial charge on any atom is -0.466 e. The van der Waals surface area contributed by atoms with Crippen LogP contribution in [0.2, 0.25) is 0 Å². The average Bonchev–Trinajstić information content (AvgIpc) is 3.50. The number of hydrogen-bond donors (Lipinski definition) is 3. The number of allylic oxidation sites excluding steroid dienone is 3. The van der Waals surface area contributed by atoms with Crippen LogP contribution in [0.1, 0.15) is 431 Å². The zero-order chi connectivity index (χ0) is 59.9. The van der Waals surface area contributed by atoms with E-state index in [9.17, 15) is 19.8 Å². The van der Waals surface area contributed by atoms with Crippen LogP contribution in [0.4, 0.5) is 0 Å². The third-order valence-electron chi connectivity index (χ3n) is 18.0. The first kappa shape index (κ1) is 81.3. The van der Waals surface area contributed by atoms with Gasteiger partial charge in [-0.2, -0.15) is 0 Å². The number of carbonyl (C=O) groups excluding carboxylic acids is 2. The molecule has 0 aromatic rings. The van der Waals surface area contributed by atoms with Gasteiger partial charge in [-0.05, 0) is 57.8 Å². The molecule has 492 valence electrons. The number of nitrogens with one attached hydrogen (secondary N) is 1. The minimum atomic E-state index is -0.840. The molecule has 0 aromatic heterocycles. The van der Waals surface area contributed by atoms with E-state index in [0.717, 1.165) is 38.5 Å². The van der Waals surface area contributed by atoms with Crippen molar-refractivity contribution in [2.24, 2.45) is 0 Å². The number of esters is 1. The van der Waals surface area contributed by atoms with E-state index in [2.05, 4.69) is 31.3 Å². The summed E-state index contributed by atoms with van der Waals surface area (Å²) in [5.41, 5.74) is 0. The van der Waals surface area contributed by atoms with Crippen molar-refractivity contribution in [3.05, 3.63) is 24.3 Å². The largest absolute Gasteiger partial charge is 0.466 e. The number of hydrogen-bond acceptors (Lipinski definition) is 5. The predicted octanol–water partition coefficient (Wildman–Crippen LogP) is 24.9. The van der Waals surface area contributed by atoms with Gasteiger partial charge in [0.2, 0.25) is 5.91 Å². The Hall–Kier alpha value is -1.66. The van der Waals surface area contributed by atoms with Crippen molar-refractivity contribution in [2.75, 3.05) is 13.2 Å². The fourth-order valence-electron chi connectivity index (χ4n) is 12.2. The van der Waals surface area contributed by atoms with Gasteiger partial charge in [0.25, 0.3) is 0 Å². The van der Waals surface area contributed by atoms with Crippen molar-refractivity contribution >= 4 is 11.9 Å². The van der Waals surface area contributed by atoms with Crippen LogP contribution in [0, 0.1) is 0 Å². The molecular formula is C77H149NO5. The molecule has 0 fully saturated rings. The van der Waals surface area contributed by atoms with Crippen LogP contribution in [-0.4, -0.2) is 47.4 Å². The molecule has 6 nitrogen and oxygen atoms in total. The van der Waals surface area contributed by atoms with Crippen LogP contribution in [0.15, 0.2) is 24.3 Å². The summed E-state index contributed by atoms with van der Waals surface area (Å²) < 4.78 is 5.52. The molecule has 0 saturated heterocycles. The summed E-state index contributed by atoms with van der Waals surface area (Å²) in [5, 5.41) is 23.1. The van der Waals surface area contributed by atoms with Crippen LogP contribution in [0.25, 0.3) is 0 Å². The lowest BCUT2D eigenvalue weighted by atomic mass is 10.0. The van der Waals surface area contributed by atoms with E-state index in [-0.39, 0.29) is 18.5 Å². The summed E-state index contributed by atoms with van der Waals surface area (Å²) in [6, 6.07) is -0.623. The van der Waals surface area contributed by atoms with Crippen molar-refractivity contribution in [1.29, 1.82) is 0 Å². The number of carbonyl (C=O) groups is 2. The maximum atomic E-state index is 12.4. The highest BCUT2D eigenvalue weighted by Crippen LogP contribution is 2.19. The highest BCUT2D eigenvalue weighted by molar-refractivity contribution is 5.76. The first-order valence-electron chi connectivity index (χ1n) is 38.1. The average molecular weight is 1170 g/mol. The molecule has 2 unspecified atom stereocenters. The van der Waals surface area contributed by atoms with E-state index in [0.29, 0.717) is 19.4 Å². The Morgan fingerprint density at radius 3 is 0.855 bits per heavy atom. The molecule has 0 radical (unpaired) electrons. The number of unbranched alkanes of at least 4 members (excludes halogenated alkanes) is 59. The molecule has 1 amide bonds. The molecule has 0 rings (SSSR count). The Bertz CT molecular complexity index is 1300. The van der Waals surface area contributed by atoms with Gasteiger partial charge in [0, 0.05) is 12.8 Å². The highest BCUT2D eigenvalue weighted by atomic mass is 16.5. The van der Waals surface area contributed by atoms with Gasteiger partial charge in [-0.3, -0.25) is 9.59 Å². The Morgan fingerprint density at radius 2 is 0.566 bits per heavy atom. The molecule has 0 aromatic carbocycles. The minimum absolute atomic E-state index is 0.0264. The van der Waals surface area contributed by atoms with Crippen molar-refractivity contribution in [3.63, 3.8) is 0 Å². The quantitative estimate of drug-likeness (QED) is 0.0320. The standard InChI is InChI=1S/C77H149NO5/c1-3-5-7-9-11-13-15-16-17-18-41-44-47-51-55-59-63-67-71-77(82)83-72-68-64-60-56-52-48-45-42-39-37-35-33-31-29-27-25-23-21-19-20-22-24-26-28-30-32-34-36-38-40-43-46-50-54-58-62-66-70-76(81)78-74(73-79)75(80)69-65-61-57-53-49-14-12-10-8-6-4-2/h19,21,65,69,74-75,79-80H,3-18,20,22-64,66-68,70-73H2,1-2H3,(H,78,81)/b21-19-,69-65+. The van der Waals surface area contributed by atoms with E-state index in [1.54, 1.807) is 6.08 Å². The summed E-state index contributed by atoms with van der Waals surface area (Å²) in [7, 11) is 0. The van der Waals surface area contributed by atoms with E-state index >= 15 is 0 Å². The lowest BCUT2D eigenvalue weighted by Crippen LogP contribution is -2.45. The van der Waals surface area contributed by atoms with E-state index in [1.165, 1.54) is 366 Å². The summed E-state index contributed by atoms with van der Waals surface area (Å²) in [6.07, 6.45) is 93.1. The molecule has 0 heterocycles. The molecule has 2 atom stereocenters. The number of rotatable bonds is 72. The molecule has 0 aliphatic carbocycles. The van der Waals surface area contributed by atoms with Crippen molar-refractivity contribution in [3.8, 4) is 0 Å². The molecule has 0 spiro atoms. The number of ether oxygens (including phenoxy) is 1. The molecule has 83 heavy (non-hydrogen) atoms. The van der Waals surface area contributed by atoms with Gasteiger partial charge in [-0.1, -0.05) is 385 Å². The maximum absolute atomic E-state index is 12.4. The summed E-state index contributed by atoms with van der Waals surface area (Å²) >= 11 is 0. The Kier molecular flexibility index (Phi) is 71.4. The van der Waals surface area contributed by atoms with Crippen LogP contribution in [0.5, 0.6) is 0 Å². The zero-order valence-corrected chi connectivity index (χ0v) is 56.5. The van der Waals surface area contributed by atoms with E-state index < -0.39 is 12.1 Å². The van der Waals surface area contributed by atoms with Crippen molar-refractivity contribution in [1.82, 2.24) is 5.32 Å². The normalized spacial score (nSPS) is 12.6. The van der Waals surface area contributed by atoms with Gasteiger partial charge in [0.05, 0.1) is 25.4 Å². The van der Waals surface area contributed by atoms with Gasteiger partial charge in [-0.25, -0.2) is 0 Å². The topological polar surface area (TPSA) is 95.9 Å². The maximum Gasteiger partial charge on any atom is 0.305 e. The molecule has 0 aliphatic heterocycles. The second-order valence-corrected chi connectivity index (χ2v) is 26.3. The number of amides is 1.